The van der Waals surface area contributed by atoms with Crippen LogP contribution in [0.25, 0.3) is 0 Å². The van der Waals surface area contributed by atoms with E-state index >= 15 is 0 Å². The molecule has 2 aliphatic rings. The van der Waals surface area contributed by atoms with Gasteiger partial charge in [0, 0.05) is 5.56 Å². The van der Waals surface area contributed by atoms with Gasteiger partial charge in [-0.15, -0.1) is 0 Å². The molecular formula is C17H21NO4. The summed E-state index contributed by atoms with van der Waals surface area (Å²) in [4.78, 5) is 23.1. The second-order valence-electron chi connectivity index (χ2n) is 6.31. The molecule has 3 rings (SSSR count). The summed E-state index contributed by atoms with van der Waals surface area (Å²) in [7, 11) is 0. The van der Waals surface area contributed by atoms with Gasteiger partial charge < -0.3 is 15.2 Å². The second-order valence-corrected chi connectivity index (χ2v) is 6.31. The zero-order chi connectivity index (χ0) is 15.6. The van der Waals surface area contributed by atoms with Crippen LogP contribution >= 0.6 is 0 Å². The lowest BCUT2D eigenvalue weighted by Crippen LogP contribution is -2.37. The average Bonchev–Trinajstić information content (AvgIpc) is 2.90. The first-order valence-corrected chi connectivity index (χ1v) is 7.86. The number of amides is 1. The summed E-state index contributed by atoms with van der Waals surface area (Å²) in [6, 6.07) is 6.04. The van der Waals surface area contributed by atoms with Crippen molar-refractivity contribution in [2.24, 2.45) is 0 Å². The molecule has 1 aliphatic carbocycles. The molecule has 5 heteroatoms. The van der Waals surface area contributed by atoms with Crippen LogP contribution in [-0.4, -0.2) is 35.2 Å². The molecule has 22 heavy (non-hydrogen) atoms. The highest BCUT2D eigenvalue weighted by Crippen LogP contribution is 2.39. The number of nitrogens with one attached hydrogen (secondary N) is 1. The molecule has 0 radical (unpaired) electrons. The van der Waals surface area contributed by atoms with Gasteiger partial charge in [-0.2, -0.15) is 0 Å². The Kier molecular flexibility index (Phi) is 4.16. The number of carbonyl (C=O) groups excluding carboxylic acids is 1. The molecular weight excluding hydrogens is 282 g/mol. The van der Waals surface area contributed by atoms with Crippen LogP contribution in [0.4, 0.5) is 0 Å². The molecule has 0 bridgehead atoms. The Bertz CT molecular complexity index is 561. The zero-order valence-corrected chi connectivity index (χ0v) is 12.5. The summed E-state index contributed by atoms with van der Waals surface area (Å²) >= 11 is 0. The average molecular weight is 303 g/mol. The minimum absolute atomic E-state index is 0.0244. The van der Waals surface area contributed by atoms with Gasteiger partial charge in [0.1, 0.15) is 0 Å². The largest absolute Gasteiger partial charge is 0.478 e. The number of carboxylic acids is 1. The lowest BCUT2D eigenvalue weighted by atomic mass is 9.82. The van der Waals surface area contributed by atoms with Crippen LogP contribution in [0, 0.1) is 0 Å². The van der Waals surface area contributed by atoms with Crippen molar-refractivity contribution in [2.45, 2.75) is 50.2 Å². The Morgan fingerprint density at radius 2 is 1.73 bits per heavy atom. The minimum atomic E-state index is -0.990. The number of hydrogen-bond donors (Lipinski definition) is 2. The monoisotopic (exact) mass is 303 g/mol. The zero-order valence-electron chi connectivity index (χ0n) is 12.5. The normalized spacial score (nSPS) is 23.4. The molecule has 1 heterocycles. The van der Waals surface area contributed by atoms with Crippen molar-refractivity contribution in [3.8, 4) is 0 Å². The Morgan fingerprint density at radius 1 is 1.09 bits per heavy atom. The SMILES string of the molecule is O=C(O)c1ccc(C(=O)N[C@@H]2COC3(CCCCC3)C2)cc1. The Hall–Kier alpha value is -1.88. The first kappa shape index (κ1) is 15.0. The maximum absolute atomic E-state index is 12.2. The van der Waals surface area contributed by atoms with Gasteiger partial charge in [-0.1, -0.05) is 19.3 Å². The lowest BCUT2D eigenvalue weighted by Gasteiger charge is -2.32. The predicted octanol–water partition coefficient (Wildman–Crippen LogP) is 2.61. The molecule has 1 saturated carbocycles. The topological polar surface area (TPSA) is 75.6 Å². The summed E-state index contributed by atoms with van der Waals surface area (Å²) in [6.07, 6.45) is 6.75. The van der Waals surface area contributed by atoms with E-state index in [9.17, 15) is 9.59 Å². The fraction of sp³-hybridized carbons (Fsp3) is 0.529. The molecule has 1 aromatic carbocycles. The highest BCUT2D eigenvalue weighted by Gasteiger charge is 2.41. The first-order valence-electron chi connectivity index (χ1n) is 7.86. The third-order valence-corrected chi connectivity index (χ3v) is 4.70. The first-order chi connectivity index (χ1) is 10.6. The van der Waals surface area contributed by atoms with Crippen molar-refractivity contribution in [3.05, 3.63) is 35.4 Å². The van der Waals surface area contributed by atoms with E-state index < -0.39 is 5.97 Å². The Balaban J connectivity index is 1.59. The van der Waals surface area contributed by atoms with E-state index in [1.54, 1.807) is 12.1 Å². The lowest BCUT2D eigenvalue weighted by molar-refractivity contribution is -0.0246. The summed E-state index contributed by atoms with van der Waals surface area (Å²) in [6.45, 7) is 0.568. The number of benzene rings is 1. The van der Waals surface area contributed by atoms with Crippen molar-refractivity contribution in [1.82, 2.24) is 5.32 Å². The molecule has 1 saturated heterocycles. The van der Waals surface area contributed by atoms with Crippen LogP contribution in [0.1, 0.15) is 59.2 Å². The van der Waals surface area contributed by atoms with Crippen LogP contribution in [0.5, 0.6) is 0 Å². The molecule has 5 nitrogen and oxygen atoms in total. The summed E-state index contributed by atoms with van der Waals surface area (Å²) in [5.41, 5.74) is 0.639. The summed E-state index contributed by atoms with van der Waals surface area (Å²) < 4.78 is 5.99. The van der Waals surface area contributed by atoms with Gasteiger partial charge in [-0.05, 0) is 43.5 Å². The van der Waals surface area contributed by atoms with Crippen LogP contribution in [-0.2, 0) is 4.74 Å². The summed E-state index contributed by atoms with van der Waals surface area (Å²) in [5.74, 6) is -1.16. The number of ether oxygens (including phenoxy) is 1. The van der Waals surface area contributed by atoms with Gasteiger partial charge in [0.15, 0.2) is 0 Å². The van der Waals surface area contributed by atoms with E-state index in [0.29, 0.717) is 12.2 Å². The van der Waals surface area contributed by atoms with Crippen LogP contribution in [0.3, 0.4) is 0 Å². The van der Waals surface area contributed by atoms with Gasteiger partial charge in [0.05, 0.1) is 23.8 Å². The molecule has 1 aromatic rings. The number of hydrogen-bond acceptors (Lipinski definition) is 3. The van der Waals surface area contributed by atoms with Crippen LogP contribution in [0.15, 0.2) is 24.3 Å². The van der Waals surface area contributed by atoms with Crippen molar-refractivity contribution in [3.63, 3.8) is 0 Å². The molecule has 0 aromatic heterocycles. The molecule has 2 N–H and O–H groups in total. The van der Waals surface area contributed by atoms with E-state index in [4.69, 9.17) is 9.84 Å². The van der Waals surface area contributed by atoms with Crippen molar-refractivity contribution >= 4 is 11.9 Å². The van der Waals surface area contributed by atoms with Gasteiger partial charge in [0.2, 0.25) is 0 Å². The standard InChI is InChI=1S/C17H21NO4/c19-15(12-4-6-13(7-5-12)16(20)21)18-14-10-17(22-11-14)8-2-1-3-9-17/h4-7,14H,1-3,8-11H2,(H,18,19)(H,20,21)/t14-/m0/s1. The van der Waals surface area contributed by atoms with Gasteiger partial charge in [0.25, 0.3) is 5.91 Å². The van der Waals surface area contributed by atoms with E-state index in [1.807, 2.05) is 0 Å². The van der Waals surface area contributed by atoms with Gasteiger partial charge >= 0.3 is 5.97 Å². The number of rotatable bonds is 3. The second kappa shape index (κ2) is 6.08. The number of aromatic carboxylic acids is 1. The molecule has 118 valence electrons. The number of carboxylic acid groups (broad SMARTS) is 1. The Morgan fingerprint density at radius 3 is 2.36 bits per heavy atom. The quantitative estimate of drug-likeness (QED) is 0.900. The maximum atomic E-state index is 12.2. The third-order valence-electron chi connectivity index (χ3n) is 4.70. The van der Waals surface area contributed by atoms with Gasteiger partial charge in [-0.25, -0.2) is 4.79 Å². The van der Waals surface area contributed by atoms with E-state index in [1.165, 1.54) is 31.4 Å². The highest BCUT2D eigenvalue weighted by molar-refractivity contribution is 5.96. The summed E-state index contributed by atoms with van der Waals surface area (Å²) in [5, 5.41) is 11.9. The molecule has 1 spiro atoms. The highest BCUT2D eigenvalue weighted by atomic mass is 16.5. The van der Waals surface area contributed by atoms with E-state index in [2.05, 4.69) is 5.32 Å². The van der Waals surface area contributed by atoms with E-state index in [0.717, 1.165) is 19.3 Å². The maximum Gasteiger partial charge on any atom is 0.335 e. The smallest absolute Gasteiger partial charge is 0.335 e. The fourth-order valence-corrected chi connectivity index (χ4v) is 3.51. The van der Waals surface area contributed by atoms with Gasteiger partial charge in [-0.3, -0.25) is 4.79 Å². The number of carbonyl (C=O) groups is 2. The minimum Gasteiger partial charge on any atom is -0.478 e. The predicted molar refractivity (Wildman–Crippen MR) is 81.0 cm³/mol. The van der Waals surface area contributed by atoms with E-state index in [-0.39, 0.29) is 23.1 Å². The molecule has 0 unspecified atom stereocenters. The third kappa shape index (κ3) is 3.14. The fourth-order valence-electron chi connectivity index (χ4n) is 3.51. The molecule has 1 aliphatic heterocycles. The van der Waals surface area contributed by atoms with Crippen molar-refractivity contribution in [2.75, 3.05) is 6.61 Å². The van der Waals surface area contributed by atoms with Crippen LogP contribution < -0.4 is 5.32 Å². The molecule has 2 fully saturated rings. The van der Waals surface area contributed by atoms with Crippen molar-refractivity contribution in [1.29, 1.82) is 0 Å². The van der Waals surface area contributed by atoms with Crippen molar-refractivity contribution < 1.29 is 19.4 Å². The molecule has 1 atom stereocenters. The van der Waals surface area contributed by atoms with Crippen LogP contribution in [0.2, 0.25) is 0 Å². The molecule has 1 amide bonds. The Labute approximate surface area is 129 Å².